The highest BCUT2D eigenvalue weighted by molar-refractivity contribution is 5.85. The lowest BCUT2D eigenvalue weighted by atomic mass is 10.1. The van der Waals surface area contributed by atoms with Gasteiger partial charge in [0.25, 0.3) is 0 Å². The van der Waals surface area contributed by atoms with Crippen molar-refractivity contribution < 1.29 is 13.9 Å². The number of benzene rings is 1. The summed E-state index contributed by atoms with van der Waals surface area (Å²) in [6.45, 7) is 6.99. The Morgan fingerprint density at radius 3 is 2.88 bits per heavy atom. The lowest BCUT2D eigenvalue weighted by molar-refractivity contribution is -0.135. The van der Waals surface area contributed by atoms with E-state index in [2.05, 4.69) is 12.2 Å². The van der Waals surface area contributed by atoms with Crippen molar-refractivity contribution in [3.63, 3.8) is 0 Å². The minimum absolute atomic E-state index is 0. The molecule has 2 heterocycles. The van der Waals surface area contributed by atoms with Crippen molar-refractivity contribution in [1.82, 2.24) is 10.2 Å². The average Bonchev–Trinajstić information content (AvgIpc) is 3.04. The fourth-order valence-corrected chi connectivity index (χ4v) is 3.22. The minimum atomic E-state index is -0.0747. The van der Waals surface area contributed by atoms with Gasteiger partial charge in [0.15, 0.2) is 0 Å². The number of halogens is 1. The van der Waals surface area contributed by atoms with Crippen LogP contribution in [0.25, 0.3) is 11.0 Å². The molecule has 2 aromatic rings. The van der Waals surface area contributed by atoms with E-state index in [4.69, 9.17) is 9.15 Å². The second-order valence-electron chi connectivity index (χ2n) is 6.38. The minimum Gasteiger partial charge on any atom is -0.459 e. The lowest BCUT2D eigenvalue weighted by Crippen LogP contribution is -2.45. The Hall–Kier alpha value is -1.56. The number of nitrogens with one attached hydrogen (secondary N) is 1. The predicted molar refractivity (Wildman–Crippen MR) is 101 cm³/mol. The van der Waals surface area contributed by atoms with E-state index in [0.717, 1.165) is 42.8 Å². The van der Waals surface area contributed by atoms with Gasteiger partial charge >= 0.3 is 0 Å². The number of hydrogen-bond donors (Lipinski definition) is 1. The van der Waals surface area contributed by atoms with E-state index in [-0.39, 0.29) is 30.4 Å². The van der Waals surface area contributed by atoms with Gasteiger partial charge in [-0.1, -0.05) is 25.1 Å². The van der Waals surface area contributed by atoms with Gasteiger partial charge in [0, 0.05) is 30.9 Å². The summed E-state index contributed by atoms with van der Waals surface area (Å²) in [4.78, 5) is 14.7. The monoisotopic (exact) mass is 366 g/mol. The second kappa shape index (κ2) is 9.22. The summed E-state index contributed by atoms with van der Waals surface area (Å²) < 4.78 is 11.4. The number of morpholine rings is 1. The molecule has 1 aromatic carbocycles. The first-order chi connectivity index (χ1) is 11.7. The van der Waals surface area contributed by atoms with Crippen molar-refractivity contribution in [2.24, 2.45) is 0 Å². The zero-order chi connectivity index (χ0) is 16.9. The summed E-state index contributed by atoms with van der Waals surface area (Å²) in [5.74, 6) is 0.985. The number of nitrogens with zero attached hydrogens (tertiary/aromatic N) is 1. The fraction of sp³-hybridized carbons (Fsp3) is 0.526. The molecular formula is C19H27ClN2O3. The number of hydrogen-bond acceptors (Lipinski definition) is 4. The third-order valence-electron chi connectivity index (χ3n) is 4.53. The van der Waals surface area contributed by atoms with Crippen LogP contribution >= 0.6 is 12.4 Å². The van der Waals surface area contributed by atoms with E-state index in [1.807, 2.05) is 42.2 Å². The van der Waals surface area contributed by atoms with Crippen LogP contribution in [0.15, 0.2) is 34.7 Å². The normalized spacial score (nSPS) is 18.6. The van der Waals surface area contributed by atoms with Crippen molar-refractivity contribution in [3.05, 3.63) is 36.1 Å². The van der Waals surface area contributed by atoms with E-state index < -0.39 is 0 Å². The Balaban J connectivity index is 0.00000225. The maximum absolute atomic E-state index is 12.8. The van der Waals surface area contributed by atoms with Crippen LogP contribution < -0.4 is 5.32 Å². The summed E-state index contributed by atoms with van der Waals surface area (Å²) in [6, 6.07) is 10.0. The quantitative estimate of drug-likeness (QED) is 0.849. The Labute approximate surface area is 155 Å². The van der Waals surface area contributed by atoms with Crippen molar-refractivity contribution in [2.75, 3.05) is 26.3 Å². The number of fused-ring (bicyclic) bond motifs is 1. The third-order valence-corrected chi connectivity index (χ3v) is 4.53. The van der Waals surface area contributed by atoms with Gasteiger partial charge < -0.3 is 19.4 Å². The van der Waals surface area contributed by atoms with E-state index >= 15 is 0 Å². The van der Waals surface area contributed by atoms with Gasteiger partial charge in [-0.15, -0.1) is 12.4 Å². The number of ether oxygens (including phenoxy) is 1. The first kappa shape index (κ1) is 19.8. The SMILES string of the molecule is CCCN(C(=O)CC1COCCN1)C(C)c1cc2ccccc2o1.Cl. The number of carbonyl (C=O) groups is 1. The van der Waals surface area contributed by atoms with Gasteiger partial charge in [-0.3, -0.25) is 4.79 Å². The molecule has 0 radical (unpaired) electrons. The van der Waals surface area contributed by atoms with Crippen molar-refractivity contribution in [2.45, 2.75) is 38.8 Å². The van der Waals surface area contributed by atoms with Gasteiger partial charge in [0.2, 0.25) is 5.91 Å². The van der Waals surface area contributed by atoms with Gasteiger partial charge in [-0.25, -0.2) is 0 Å². The molecule has 25 heavy (non-hydrogen) atoms. The average molecular weight is 367 g/mol. The van der Waals surface area contributed by atoms with Crippen LogP contribution in [0, 0.1) is 0 Å². The number of para-hydroxylation sites is 1. The number of furan rings is 1. The highest BCUT2D eigenvalue weighted by Gasteiger charge is 2.26. The Bertz CT molecular complexity index is 649. The van der Waals surface area contributed by atoms with Crippen LogP contribution in [-0.4, -0.2) is 43.2 Å². The van der Waals surface area contributed by atoms with E-state index in [9.17, 15) is 4.79 Å². The maximum atomic E-state index is 12.8. The van der Waals surface area contributed by atoms with Gasteiger partial charge in [-0.2, -0.15) is 0 Å². The lowest BCUT2D eigenvalue weighted by Gasteiger charge is -2.30. The van der Waals surface area contributed by atoms with E-state index in [0.29, 0.717) is 13.0 Å². The van der Waals surface area contributed by atoms with Gasteiger partial charge in [0.05, 0.1) is 19.3 Å². The summed E-state index contributed by atoms with van der Waals surface area (Å²) >= 11 is 0. The molecule has 1 fully saturated rings. The first-order valence-electron chi connectivity index (χ1n) is 8.78. The molecule has 1 saturated heterocycles. The third kappa shape index (κ3) is 4.75. The van der Waals surface area contributed by atoms with Crippen LogP contribution in [0.5, 0.6) is 0 Å². The molecule has 1 aliphatic rings. The molecule has 1 aromatic heterocycles. The Morgan fingerprint density at radius 2 is 2.20 bits per heavy atom. The summed E-state index contributed by atoms with van der Waals surface area (Å²) in [7, 11) is 0. The molecule has 138 valence electrons. The van der Waals surface area contributed by atoms with Crippen LogP contribution in [-0.2, 0) is 9.53 Å². The van der Waals surface area contributed by atoms with E-state index in [1.54, 1.807) is 0 Å². The molecular weight excluding hydrogens is 340 g/mol. The molecule has 2 unspecified atom stereocenters. The molecule has 5 nitrogen and oxygen atoms in total. The second-order valence-corrected chi connectivity index (χ2v) is 6.38. The number of carbonyl (C=O) groups excluding carboxylic acids is 1. The van der Waals surface area contributed by atoms with Crippen LogP contribution in [0.2, 0.25) is 0 Å². The van der Waals surface area contributed by atoms with Crippen molar-refractivity contribution in [1.29, 1.82) is 0 Å². The molecule has 1 amide bonds. The Morgan fingerprint density at radius 1 is 1.40 bits per heavy atom. The molecule has 3 rings (SSSR count). The van der Waals surface area contributed by atoms with Gasteiger partial charge in [0.1, 0.15) is 11.3 Å². The topological polar surface area (TPSA) is 54.7 Å². The predicted octanol–water partition coefficient (Wildman–Crippen LogP) is 3.53. The van der Waals surface area contributed by atoms with Crippen LogP contribution in [0.1, 0.15) is 38.5 Å². The largest absolute Gasteiger partial charge is 0.459 e. The maximum Gasteiger partial charge on any atom is 0.224 e. The fourth-order valence-electron chi connectivity index (χ4n) is 3.22. The summed E-state index contributed by atoms with van der Waals surface area (Å²) in [5.41, 5.74) is 0.866. The first-order valence-corrected chi connectivity index (χ1v) is 8.78. The molecule has 1 aliphatic heterocycles. The standard InChI is InChI=1S/C19H26N2O3.ClH/c1-3-9-21(19(22)12-16-13-23-10-8-20-16)14(2)18-11-15-6-4-5-7-17(15)24-18;/h4-7,11,14,16,20H,3,8-10,12-13H2,1-2H3;1H. The summed E-state index contributed by atoms with van der Waals surface area (Å²) in [5, 5.41) is 4.43. The molecule has 0 bridgehead atoms. The summed E-state index contributed by atoms with van der Waals surface area (Å²) in [6.07, 6.45) is 1.38. The molecule has 6 heteroatoms. The number of rotatable bonds is 6. The molecule has 0 aliphatic carbocycles. The van der Waals surface area contributed by atoms with E-state index in [1.165, 1.54) is 0 Å². The molecule has 1 N–H and O–H groups in total. The zero-order valence-corrected chi connectivity index (χ0v) is 15.7. The smallest absolute Gasteiger partial charge is 0.224 e. The van der Waals surface area contributed by atoms with Crippen molar-refractivity contribution >= 4 is 29.3 Å². The number of amides is 1. The highest BCUT2D eigenvalue weighted by atomic mass is 35.5. The highest BCUT2D eigenvalue weighted by Crippen LogP contribution is 2.28. The van der Waals surface area contributed by atoms with Gasteiger partial charge in [-0.05, 0) is 25.5 Å². The molecule has 2 atom stereocenters. The van der Waals surface area contributed by atoms with Crippen LogP contribution in [0.3, 0.4) is 0 Å². The molecule has 0 saturated carbocycles. The molecule has 0 spiro atoms. The Kier molecular flexibility index (Phi) is 7.29. The van der Waals surface area contributed by atoms with Crippen LogP contribution in [0.4, 0.5) is 0 Å². The van der Waals surface area contributed by atoms with Crippen molar-refractivity contribution in [3.8, 4) is 0 Å². The zero-order valence-electron chi connectivity index (χ0n) is 14.9.